The van der Waals surface area contributed by atoms with E-state index in [-0.39, 0.29) is 5.54 Å². The molecule has 0 aliphatic carbocycles. The Bertz CT molecular complexity index is 157. The van der Waals surface area contributed by atoms with Gasteiger partial charge in [0.15, 0.2) is 0 Å². The Labute approximate surface area is 93.9 Å². The molecule has 1 aliphatic heterocycles. The van der Waals surface area contributed by atoms with E-state index in [9.17, 15) is 0 Å². The molecule has 0 spiro atoms. The predicted octanol–water partition coefficient (Wildman–Crippen LogP) is 1.22. The summed E-state index contributed by atoms with van der Waals surface area (Å²) in [4.78, 5) is 2.53. The van der Waals surface area contributed by atoms with E-state index in [2.05, 4.69) is 24.1 Å². The second kappa shape index (κ2) is 6.46. The van der Waals surface area contributed by atoms with Crippen molar-refractivity contribution in [3.8, 4) is 0 Å². The minimum atomic E-state index is 0.216. The second-order valence-corrected chi connectivity index (χ2v) is 4.63. The molecular formula is C12H26N2O. The van der Waals surface area contributed by atoms with Gasteiger partial charge in [-0.3, -0.25) is 0 Å². The van der Waals surface area contributed by atoms with Crippen LogP contribution in [0.15, 0.2) is 0 Å². The van der Waals surface area contributed by atoms with Crippen LogP contribution in [0.4, 0.5) is 0 Å². The summed E-state index contributed by atoms with van der Waals surface area (Å²) in [6, 6.07) is 0. The predicted molar refractivity (Wildman–Crippen MR) is 64.1 cm³/mol. The van der Waals surface area contributed by atoms with Crippen LogP contribution in [0.3, 0.4) is 0 Å². The summed E-state index contributed by atoms with van der Waals surface area (Å²) in [6.45, 7) is 9.29. The maximum absolute atomic E-state index is 9.13. The van der Waals surface area contributed by atoms with E-state index in [0.29, 0.717) is 6.61 Å². The fraction of sp³-hybridized carbons (Fsp3) is 1.00. The van der Waals surface area contributed by atoms with E-state index in [1.165, 1.54) is 38.9 Å². The average molecular weight is 214 g/mol. The largest absolute Gasteiger partial charge is 0.396 e. The van der Waals surface area contributed by atoms with Crippen molar-refractivity contribution in [2.75, 3.05) is 32.8 Å². The van der Waals surface area contributed by atoms with E-state index in [1.807, 2.05) is 0 Å². The van der Waals surface area contributed by atoms with Crippen molar-refractivity contribution in [3.63, 3.8) is 0 Å². The topological polar surface area (TPSA) is 35.5 Å². The minimum absolute atomic E-state index is 0.216. The zero-order chi connectivity index (χ0) is 11.1. The highest BCUT2D eigenvalue weighted by Gasteiger charge is 2.32. The molecule has 1 aliphatic rings. The van der Waals surface area contributed by atoms with Crippen LogP contribution in [0.25, 0.3) is 0 Å². The lowest BCUT2D eigenvalue weighted by Crippen LogP contribution is -2.53. The second-order valence-electron chi connectivity index (χ2n) is 4.63. The monoisotopic (exact) mass is 214 g/mol. The summed E-state index contributed by atoms with van der Waals surface area (Å²) in [5.41, 5.74) is 0.216. The number of piperidine rings is 1. The van der Waals surface area contributed by atoms with Crippen LogP contribution >= 0.6 is 0 Å². The number of hydrogen-bond acceptors (Lipinski definition) is 3. The zero-order valence-electron chi connectivity index (χ0n) is 10.3. The van der Waals surface area contributed by atoms with Crippen molar-refractivity contribution in [2.45, 2.75) is 45.1 Å². The van der Waals surface area contributed by atoms with Crippen LogP contribution in [-0.4, -0.2) is 48.3 Å². The van der Waals surface area contributed by atoms with Gasteiger partial charge in [0.25, 0.3) is 0 Å². The van der Waals surface area contributed by atoms with Gasteiger partial charge in [0, 0.05) is 12.1 Å². The van der Waals surface area contributed by atoms with Gasteiger partial charge in [0.05, 0.1) is 0 Å². The van der Waals surface area contributed by atoms with Gasteiger partial charge in [-0.2, -0.15) is 0 Å². The summed E-state index contributed by atoms with van der Waals surface area (Å²) in [5.74, 6) is 0. The first kappa shape index (κ1) is 12.9. The van der Waals surface area contributed by atoms with Gasteiger partial charge in [-0.1, -0.05) is 13.8 Å². The molecule has 1 rings (SSSR count). The lowest BCUT2D eigenvalue weighted by atomic mass is 9.84. The van der Waals surface area contributed by atoms with Gasteiger partial charge < -0.3 is 15.3 Å². The standard InChI is InChI=1S/C12H26N2O/c1-3-8-14-9-5-12(6-10-14,7-11-15)13-4-2/h13,15H,3-11H2,1-2H3. The molecule has 1 fully saturated rings. The molecule has 1 heterocycles. The van der Waals surface area contributed by atoms with Gasteiger partial charge in [-0.05, 0) is 51.9 Å². The lowest BCUT2D eigenvalue weighted by molar-refractivity contribution is 0.110. The molecule has 0 aromatic carbocycles. The van der Waals surface area contributed by atoms with E-state index < -0.39 is 0 Å². The number of nitrogens with zero attached hydrogens (tertiary/aromatic N) is 1. The molecule has 0 radical (unpaired) electrons. The summed E-state index contributed by atoms with van der Waals surface area (Å²) in [5, 5.41) is 12.7. The van der Waals surface area contributed by atoms with E-state index >= 15 is 0 Å². The third kappa shape index (κ3) is 3.74. The quantitative estimate of drug-likeness (QED) is 0.698. The van der Waals surface area contributed by atoms with E-state index in [1.54, 1.807) is 0 Å². The van der Waals surface area contributed by atoms with Crippen LogP contribution < -0.4 is 5.32 Å². The average Bonchev–Trinajstić information content (AvgIpc) is 2.23. The summed E-state index contributed by atoms with van der Waals surface area (Å²) in [6.07, 6.45) is 4.51. The Morgan fingerprint density at radius 2 is 1.93 bits per heavy atom. The van der Waals surface area contributed by atoms with Gasteiger partial charge in [-0.15, -0.1) is 0 Å². The number of aliphatic hydroxyl groups is 1. The molecule has 0 atom stereocenters. The fourth-order valence-electron chi connectivity index (χ4n) is 2.63. The number of rotatable bonds is 6. The zero-order valence-corrected chi connectivity index (χ0v) is 10.3. The number of likely N-dealkylation sites (tertiary alicyclic amines) is 1. The Balaban J connectivity index is 2.41. The molecule has 0 aromatic rings. The molecule has 0 bridgehead atoms. The van der Waals surface area contributed by atoms with Crippen LogP contribution in [0.2, 0.25) is 0 Å². The van der Waals surface area contributed by atoms with Crippen molar-refractivity contribution in [2.24, 2.45) is 0 Å². The van der Waals surface area contributed by atoms with Crippen molar-refractivity contribution < 1.29 is 5.11 Å². The maximum Gasteiger partial charge on any atom is 0.0448 e. The molecule has 15 heavy (non-hydrogen) atoms. The third-order valence-corrected chi connectivity index (χ3v) is 3.50. The first-order valence-corrected chi connectivity index (χ1v) is 6.34. The highest BCUT2D eigenvalue weighted by atomic mass is 16.3. The maximum atomic E-state index is 9.13. The van der Waals surface area contributed by atoms with Crippen molar-refractivity contribution >= 4 is 0 Å². The summed E-state index contributed by atoms with van der Waals surface area (Å²) >= 11 is 0. The number of aliphatic hydroxyl groups excluding tert-OH is 1. The summed E-state index contributed by atoms with van der Waals surface area (Å²) in [7, 11) is 0. The summed E-state index contributed by atoms with van der Waals surface area (Å²) < 4.78 is 0. The van der Waals surface area contributed by atoms with Crippen LogP contribution in [-0.2, 0) is 0 Å². The number of nitrogens with one attached hydrogen (secondary N) is 1. The van der Waals surface area contributed by atoms with Crippen molar-refractivity contribution in [1.29, 1.82) is 0 Å². The third-order valence-electron chi connectivity index (χ3n) is 3.50. The minimum Gasteiger partial charge on any atom is -0.396 e. The number of hydrogen-bond donors (Lipinski definition) is 2. The normalized spacial score (nSPS) is 21.8. The van der Waals surface area contributed by atoms with Crippen LogP contribution in [0.1, 0.15) is 39.5 Å². The van der Waals surface area contributed by atoms with Gasteiger partial charge in [0.2, 0.25) is 0 Å². The highest BCUT2D eigenvalue weighted by Crippen LogP contribution is 2.25. The highest BCUT2D eigenvalue weighted by molar-refractivity contribution is 4.92. The van der Waals surface area contributed by atoms with Crippen LogP contribution in [0, 0.1) is 0 Å². The van der Waals surface area contributed by atoms with E-state index in [0.717, 1.165) is 13.0 Å². The molecule has 3 nitrogen and oxygen atoms in total. The smallest absolute Gasteiger partial charge is 0.0448 e. The molecule has 0 saturated carbocycles. The Morgan fingerprint density at radius 1 is 1.27 bits per heavy atom. The SMILES string of the molecule is CCCN1CCC(CCO)(NCC)CC1. The molecule has 1 saturated heterocycles. The molecule has 2 N–H and O–H groups in total. The first-order chi connectivity index (χ1) is 7.26. The lowest BCUT2D eigenvalue weighted by Gasteiger charge is -2.42. The molecular weight excluding hydrogens is 188 g/mol. The van der Waals surface area contributed by atoms with Crippen molar-refractivity contribution in [3.05, 3.63) is 0 Å². The Kier molecular flexibility index (Phi) is 5.58. The Hall–Kier alpha value is -0.120. The van der Waals surface area contributed by atoms with Gasteiger partial charge in [-0.25, -0.2) is 0 Å². The Morgan fingerprint density at radius 3 is 2.40 bits per heavy atom. The van der Waals surface area contributed by atoms with Crippen molar-refractivity contribution in [1.82, 2.24) is 10.2 Å². The molecule has 3 heteroatoms. The van der Waals surface area contributed by atoms with Gasteiger partial charge in [0.1, 0.15) is 0 Å². The molecule has 0 amide bonds. The molecule has 0 unspecified atom stereocenters. The van der Waals surface area contributed by atoms with Crippen LogP contribution in [0.5, 0.6) is 0 Å². The van der Waals surface area contributed by atoms with Gasteiger partial charge >= 0.3 is 0 Å². The first-order valence-electron chi connectivity index (χ1n) is 6.34. The molecule has 90 valence electrons. The van der Waals surface area contributed by atoms with E-state index in [4.69, 9.17) is 5.11 Å². The fourth-order valence-corrected chi connectivity index (χ4v) is 2.63. The molecule has 0 aromatic heterocycles.